The highest BCUT2D eigenvalue weighted by Crippen LogP contribution is 2.40. The molecule has 1 saturated heterocycles. The lowest BCUT2D eigenvalue weighted by molar-refractivity contribution is 0.139. The van der Waals surface area contributed by atoms with Crippen LogP contribution in [0.25, 0.3) is 27.1 Å². The van der Waals surface area contributed by atoms with Gasteiger partial charge in [-0.25, -0.2) is 32.0 Å². The lowest BCUT2D eigenvalue weighted by Crippen LogP contribution is -2.45. The van der Waals surface area contributed by atoms with Gasteiger partial charge in [0.2, 0.25) is 15.2 Å². The molecule has 4 heterocycles. The number of aromatic nitrogens is 5. The number of rotatable bonds is 8. The molecule has 43 heavy (non-hydrogen) atoms. The molecule has 0 spiro atoms. The molecule has 4 aromatic rings. The van der Waals surface area contributed by atoms with Crippen molar-refractivity contribution in [2.24, 2.45) is 0 Å². The first-order valence-corrected chi connectivity index (χ1v) is 15.8. The summed E-state index contributed by atoms with van der Waals surface area (Å²) in [4.78, 5) is 24.9. The van der Waals surface area contributed by atoms with Gasteiger partial charge in [-0.2, -0.15) is 9.98 Å². The van der Waals surface area contributed by atoms with Crippen molar-refractivity contribution in [1.29, 1.82) is 5.26 Å². The van der Waals surface area contributed by atoms with Gasteiger partial charge in [0.1, 0.15) is 11.9 Å². The summed E-state index contributed by atoms with van der Waals surface area (Å²) in [7, 11) is -2.46. The molecule has 2 aliphatic rings. The van der Waals surface area contributed by atoms with Crippen molar-refractivity contribution in [2.45, 2.75) is 48.5 Å². The summed E-state index contributed by atoms with van der Waals surface area (Å²) >= 11 is 0.673. The Morgan fingerprint density at radius 3 is 2.65 bits per heavy atom. The van der Waals surface area contributed by atoms with Crippen molar-refractivity contribution in [3.63, 3.8) is 0 Å². The third-order valence-electron chi connectivity index (χ3n) is 7.87. The van der Waals surface area contributed by atoms with E-state index in [9.17, 15) is 32.4 Å². The summed E-state index contributed by atoms with van der Waals surface area (Å²) < 4.78 is 57.5. The SMILES string of the molecule is CN(CCO)C(=O)N1CCC(c2ncnc3c2c2ccc(S(=O)(=O)NC4(C#N)CC4)cc2n3-c2nnc(C(F)F)s2)CC1. The molecule has 0 bridgehead atoms. The third kappa shape index (κ3) is 5.28. The van der Waals surface area contributed by atoms with Crippen molar-refractivity contribution >= 4 is 49.3 Å². The summed E-state index contributed by atoms with van der Waals surface area (Å²) in [6, 6.07) is 6.31. The number of carbonyl (C=O) groups excluding carboxylic acids is 1. The Hall–Kier alpha value is -3.85. The molecule has 13 nitrogen and oxygen atoms in total. The number of likely N-dealkylation sites (N-methyl/N-ethyl adjacent to an activating group) is 1. The number of amides is 2. The van der Waals surface area contributed by atoms with Crippen LogP contribution < -0.4 is 4.72 Å². The number of aliphatic hydroxyl groups excluding tert-OH is 1. The zero-order chi connectivity index (χ0) is 30.5. The van der Waals surface area contributed by atoms with Gasteiger partial charge in [0.05, 0.1) is 28.8 Å². The van der Waals surface area contributed by atoms with Crippen LogP contribution in [0.4, 0.5) is 13.6 Å². The van der Waals surface area contributed by atoms with Gasteiger partial charge in [-0.05, 0) is 37.8 Å². The second-order valence-corrected chi connectivity index (χ2v) is 13.4. The number of alkyl halides is 2. The molecule has 6 rings (SSSR count). The van der Waals surface area contributed by atoms with Crippen molar-refractivity contribution in [3.8, 4) is 11.2 Å². The fourth-order valence-electron chi connectivity index (χ4n) is 5.42. The third-order valence-corrected chi connectivity index (χ3v) is 10.3. The van der Waals surface area contributed by atoms with Crippen LogP contribution in [0.5, 0.6) is 0 Å². The number of halogens is 2. The summed E-state index contributed by atoms with van der Waals surface area (Å²) in [5.74, 6) is -0.0711. The van der Waals surface area contributed by atoms with E-state index in [0.29, 0.717) is 77.7 Å². The van der Waals surface area contributed by atoms with E-state index in [4.69, 9.17) is 0 Å². The fraction of sp³-hybridized carbons (Fsp3) is 0.462. The van der Waals surface area contributed by atoms with Crippen LogP contribution >= 0.6 is 11.3 Å². The standard InChI is InChI=1S/C26H27F2N9O4S2/c1-35(10-11-38)25(39)36-8-4-15(5-9-36)20-19-17-3-2-16(43(40,41)34-26(13-29)6-7-26)12-18(17)37(22(19)31-14-30-20)24-33-32-23(42-24)21(27)28/h2-3,12,14-15,21,34,38H,4-11H2,1H3. The smallest absolute Gasteiger partial charge is 0.319 e. The molecule has 2 fully saturated rings. The van der Waals surface area contributed by atoms with Crippen LogP contribution in [-0.4, -0.2) is 92.9 Å². The number of nitrogens with zero attached hydrogens (tertiary/aromatic N) is 8. The quantitative estimate of drug-likeness (QED) is 0.297. The Kier molecular flexibility index (Phi) is 7.49. The van der Waals surface area contributed by atoms with Gasteiger partial charge >= 0.3 is 6.03 Å². The van der Waals surface area contributed by atoms with E-state index in [0.717, 1.165) is 0 Å². The fourth-order valence-corrected chi connectivity index (χ4v) is 7.54. The molecule has 2 N–H and O–H groups in total. The average Bonchev–Trinajstić information content (AvgIpc) is 3.43. The van der Waals surface area contributed by atoms with Gasteiger partial charge in [0.25, 0.3) is 6.43 Å². The second-order valence-electron chi connectivity index (χ2n) is 10.7. The summed E-state index contributed by atoms with van der Waals surface area (Å²) in [6.45, 7) is 1.03. The van der Waals surface area contributed by atoms with Crippen molar-refractivity contribution < 1.29 is 27.1 Å². The zero-order valence-electron chi connectivity index (χ0n) is 22.9. The zero-order valence-corrected chi connectivity index (χ0v) is 24.6. The van der Waals surface area contributed by atoms with Gasteiger partial charge in [-0.3, -0.25) is 4.57 Å². The van der Waals surface area contributed by atoms with Gasteiger partial charge in [-0.15, -0.1) is 10.2 Å². The molecule has 3 aromatic heterocycles. The molecular formula is C26H27F2N9O4S2. The number of hydrogen-bond acceptors (Lipinski definition) is 10. The first-order valence-electron chi connectivity index (χ1n) is 13.5. The maximum absolute atomic E-state index is 13.5. The van der Waals surface area contributed by atoms with Gasteiger partial charge in [-0.1, -0.05) is 17.4 Å². The largest absolute Gasteiger partial charge is 0.395 e. The highest BCUT2D eigenvalue weighted by Gasteiger charge is 2.47. The Morgan fingerprint density at radius 1 is 1.28 bits per heavy atom. The average molecular weight is 632 g/mol. The number of carbonyl (C=O) groups is 1. The van der Waals surface area contributed by atoms with Crippen LogP contribution in [0.3, 0.4) is 0 Å². The van der Waals surface area contributed by atoms with E-state index in [1.807, 2.05) is 6.07 Å². The van der Waals surface area contributed by atoms with Crippen LogP contribution in [0.1, 0.15) is 48.7 Å². The molecule has 17 heteroatoms. The Balaban J connectivity index is 1.44. The summed E-state index contributed by atoms with van der Waals surface area (Å²) in [5, 5.41) is 27.0. The molecule has 2 amide bonds. The predicted molar refractivity (Wildman–Crippen MR) is 151 cm³/mol. The number of sulfonamides is 1. The molecular weight excluding hydrogens is 604 g/mol. The number of likely N-dealkylation sites (tertiary alicyclic amines) is 1. The van der Waals surface area contributed by atoms with Crippen LogP contribution in [0, 0.1) is 11.3 Å². The minimum atomic E-state index is -4.09. The topological polar surface area (TPSA) is 170 Å². The molecule has 1 aromatic carbocycles. The number of urea groups is 1. The summed E-state index contributed by atoms with van der Waals surface area (Å²) in [6.07, 6.45) is 0.546. The van der Waals surface area contributed by atoms with Crippen LogP contribution in [-0.2, 0) is 10.0 Å². The Morgan fingerprint density at radius 2 is 2.02 bits per heavy atom. The van der Waals surface area contributed by atoms with Crippen LogP contribution in [0.2, 0.25) is 0 Å². The highest BCUT2D eigenvalue weighted by molar-refractivity contribution is 7.89. The molecule has 1 aliphatic carbocycles. The number of piperidine rings is 1. The van der Waals surface area contributed by atoms with E-state index in [1.165, 1.54) is 27.9 Å². The van der Waals surface area contributed by atoms with E-state index in [-0.39, 0.29) is 35.1 Å². The van der Waals surface area contributed by atoms with Crippen molar-refractivity contribution in [3.05, 3.63) is 35.2 Å². The monoisotopic (exact) mass is 631 g/mol. The number of nitrogens with one attached hydrogen (secondary N) is 1. The molecule has 0 radical (unpaired) electrons. The minimum absolute atomic E-state index is 0.0711. The van der Waals surface area contributed by atoms with Gasteiger partial charge < -0.3 is 14.9 Å². The molecule has 226 valence electrons. The Labute approximate surface area is 248 Å². The normalized spacial score (nSPS) is 17.1. The van der Waals surface area contributed by atoms with E-state index < -0.39 is 27.0 Å². The maximum atomic E-state index is 13.5. The number of aliphatic hydroxyl groups is 1. The lowest BCUT2D eigenvalue weighted by Gasteiger charge is -2.34. The van der Waals surface area contributed by atoms with E-state index in [1.54, 1.807) is 18.0 Å². The second kappa shape index (κ2) is 11.0. The molecule has 1 saturated carbocycles. The Bertz CT molecular complexity index is 1860. The molecule has 1 aliphatic heterocycles. The number of fused-ring (bicyclic) bond motifs is 3. The van der Waals surface area contributed by atoms with E-state index >= 15 is 0 Å². The molecule has 0 atom stereocenters. The first kappa shape index (κ1) is 29.2. The lowest BCUT2D eigenvalue weighted by atomic mass is 9.91. The predicted octanol–water partition coefficient (Wildman–Crippen LogP) is 2.92. The number of nitriles is 1. The van der Waals surface area contributed by atoms with Crippen molar-refractivity contribution in [2.75, 3.05) is 33.3 Å². The minimum Gasteiger partial charge on any atom is -0.395 e. The maximum Gasteiger partial charge on any atom is 0.319 e. The van der Waals surface area contributed by atoms with Gasteiger partial charge in [0.15, 0.2) is 10.7 Å². The number of hydrogen-bond donors (Lipinski definition) is 2. The van der Waals surface area contributed by atoms with Gasteiger partial charge in [0, 0.05) is 43.4 Å². The number of benzene rings is 1. The highest BCUT2D eigenvalue weighted by atomic mass is 32.2. The molecule has 0 unspecified atom stereocenters. The van der Waals surface area contributed by atoms with Crippen LogP contribution in [0.15, 0.2) is 29.4 Å². The van der Waals surface area contributed by atoms with E-state index in [2.05, 4.69) is 24.9 Å². The summed E-state index contributed by atoms with van der Waals surface area (Å²) in [5.41, 5.74) is 0.277. The first-order chi connectivity index (χ1) is 20.6. The van der Waals surface area contributed by atoms with Crippen molar-refractivity contribution in [1.82, 2.24) is 39.3 Å².